The molecular formula is C11H14ClNO. The lowest BCUT2D eigenvalue weighted by molar-refractivity contribution is 0.317. The molecule has 0 aliphatic heterocycles. The summed E-state index contributed by atoms with van der Waals surface area (Å²) in [5, 5.41) is 11.3. The van der Waals surface area contributed by atoms with E-state index in [1.54, 1.807) is 6.92 Å². The number of alkyl halides is 1. The minimum absolute atomic E-state index is 0.342. The van der Waals surface area contributed by atoms with Gasteiger partial charge in [0.15, 0.2) is 0 Å². The van der Waals surface area contributed by atoms with E-state index in [2.05, 4.69) is 12.1 Å². The van der Waals surface area contributed by atoms with Crippen LogP contribution in [-0.4, -0.2) is 10.9 Å². The molecule has 0 bridgehead atoms. The highest BCUT2D eigenvalue weighted by molar-refractivity contribution is 6.31. The normalized spacial score (nSPS) is 14.1. The SMILES string of the molecule is CCc1ccc(C(Cl)C(C)=NO)cc1. The molecule has 0 aliphatic rings. The molecule has 1 atom stereocenters. The molecule has 0 amide bonds. The van der Waals surface area contributed by atoms with Crippen LogP contribution in [0.25, 0.3) is 0 Å². The van der Waals surface area contributed by atoms with Gasteiger partial charge in [0.2, 0.25) is 0 Å². The van der Waals surface area contributed by atoms with E-state index < -0.39 is 0 Å². The third-order valence-corrected chi connectivity index (χ3v) is 2.77. The van der Waals surface area contributed by atoms with Gasteiger partial charge in [-0.2, -0.15) is 0 Å². The van der Waals surface area contributed by atoms with Gasteiger partial charge in [0, 0.05) is 0 Å². The lowest BCUT2D eigenvalue weighted by atomic mass is 10.1. The summed E-state index contributed by atoms with van der Waals surface area (Å²) in [5.74, 6) is 0. The smallest absolute Gasteiger partial charge is 0.0997 e. The molecule has 0 aromatic heterocycles. The van der Waals surface area contributed by atoms with Gasteiger partial charge in [0.05, 0.1) is 11.1 Å². The molecule has 1 aromatic carbocycles. The molecule has 0 saturated heterocycles. The zero-order valence-corrected chi connectivity index (χ0v) is 9.12. The molecule has 1 N–H and O–H groups in total. The number of hydrogen-bond donors (Lipinski definition) is 1. The van der Waals surface area contributed by atoms with E-state index in [4.69, 9.17) is 16.8 Å². The van der Waals surface area contributed by atoms with Gasteiger partial charge in [0.1, 0.15) is 0 Å². The summed E-state index contributed by atoms with van der Waals surface area (Å²) in [4.78, 5) is 0. The van der Waals surface area contributed by atoms with Crippen molar-refractivity contribution in [2.45, 2.75) is 25.6 Å². The van der Waals surface area contributed by atoms with Crippen LogP contribution in [0.1, 0.15) is 30.4 Å². The first-order valence-corrected chi connectivity index (χ1v) is 5.04. The number of halogens is 1. The summed E-state index contributed by atoms with van der Waals surface area (Å²) in [6.07, 6.45) is 1.01. The number of nitrogens with zero attached hydrogens (tertiary/aromatic N) is 1. The molecule has 2 nitrogen and oxygen atoms in total. The maximum absolute atomic E-state index is 8.57. The molecular weight excluding hydrogens is 198 g/mol. The lowest BCUT2D eigenvalue weighted by Gasteiger charge is -2.08. The van der Waals surface area contributed by atoms with Gasteiger partial charge in [-0.25, -0.2) is 0 Å². The summed E-state index contributed by atoms with van der Waals surface area (Å²) in [6.45, 7) is 3.80. The first kappa shape index (κ1) is 11.1. The fourth-order valence-electron chi connectivity index (χ4n) is 1.21. The Kier molecular flexibility index (Phi) is 3.96. The van der Waals surface area contributed by atoms with E-state index in [1.807, 2.05) is 24.3 Å². The summed E-state index contributed by atoms with van der Waals surface area (Å²) in [7, 11) is 0. The van der Waals surface area contributed by atoms with Crippen molar-refractivity contribution < 1.29 is 5.21 Å². The van der Waals surface area contributed by atoms with E-state index in [0.29, 0.717) is 5.71 Å². The van der Waals surface area contributed by atoms with Crippen molar-refractivity contribution in [1.29, 1.82) is 0 Å². The molecule has 0 aliphatic carbocycles. The third kappa shape index (κ3) is 2.48. The van der Waals surface area contributed by atoms with Crippen molar-refractivity contribution >= 4 is 17.3 Å². The maximum Gasteiger partial charge on any atom is 0.0997 e. The zero-order chi connectivity index (χ0) is 10.6. The summed E-state index contributed by atoms with van der Waals surface area (Å²) < 4.78 is 0. The molecule has 0 saturated carbocycles. The fraction of sp³-hybridized carbons (Fsp3) is 0.364. The van der Waals surface area contributed by atoms with Crippen molar-refractivity contribution in [2.75, 3.05) is 0 Å². The van der Waals surface area contributed by atoms with Crippen LogP contribution >= 0.6 is 11.6 Å². The lowest BCUT2D eigenvalue weighted by Crippen LogP contribution is -2.02. The molecule has 14 heavy (non-hydrogen) atoms. The van der Waals surface area contributed by atoms with E-state index >= 15 is 0 Å². The number of rotatable bonds is 3. The fourth-order valence-corrected chi connectivity index (χ4v) is 1.40. The van der Waals surface area contributed by atoms with E-state index in [0.717, 1.165) is 12.0 Å². The number of aryl methyl sites for hydroxylation is 1. The van der Waals surface area contributed by atoms with Crippen LogP contribution in [0.3, 0.4) is 0 Å². The minimum atomic E-state index is -0.342. The summed E-state index contributed by atoms with van der Waals surface area (Å²) >= 11 is 6.06. The van der Waals surface area contributed by atoms with Gasteiger partial charge in [-0.1, -0.05) is 36.3 Å². The molecule has 0 spiro atoms. The Labute approximate surface area is 89.2 Å². The Morgan fingerprint density at radius 2 is 2.00 bits per heavy atom. The third-order valence-electron chi connectivity index (χ3n) is 2.21. The van der Waals surface area contributed by atoms with Gasteiger partial charge in [0.25, 0.3) is 0 Å². The summed E-state index contributed by atoms with van der Waals surface area (Å²) in [5.41, 5.74) is 2.74. The van der Waals surface area contributed by atoms with Crippen LogP contribution in [0.2, 0.25) is 0 Å². The van der Waals surface area contributed by atoms with Gasteiger partial charge >= 0.3 is 0 Å². The first-order valence-electron chi connectivity index (χ1n) is 4.60. The van der Waals surface area contributed by atoms with Crippen LogP contribution in [0.15, 0.2) is 29.4 Å². The van der Waals surface area contributed by atoms with Gasteiger partial charge in [-0.05, 0) is 24.5 Å². The maximum atomic E-state index is 8.57. The van der Waals surface area contributed by atoms with Crippen LogP contribution in [0, 0.1) is 0 Å². The Hall–Kier alpha value is -1.02. The monoisotopic (exact) mass is 211 g/mol. The van der Waals surface area contributed by atoms with E-state index in [9.17, 15) is 0 Å². The highest BCUT2D eigenvalue weighted by Gasteiger charge is 2.11. The van der Waals surface area contributed by atoms with Crippen molar-refractivity contribution in [3.8, 4) is 0 Å². The van der Waals surface area contributed by atoms with Crippen molar-refractivity contribution in [2.24, 2.45) is 5.16 Å². The van der Waals surface area contributed by atoms with Crippen LogP contribution in [0.5, 0.6) is 0 Å². The zero-order valence-electron chi connectivity index (χ0n) is 8.37. The second-order valence-electron chi connectivity index (χ2n) is 3.20. The minimum Gasteiger partial charge on any atom is -0.411 e. The predicted molar refractivity (Wildman–Crippen MR) is 59.3 cm³/mol. The average Bonchev–Trinajstić information content (AvgIpc) is 2.27. The van der Waals surface area contributed by atoms with Gasteiger partial charge in [-0.3, -0.25) is 0 Å². The van der Waals surface area contributed by atoms with Crippen LogP contribution in [0.4, 0.5) is 0 Å². The van der Waals surface area contributed by atoms with Crippen molar-refractivity contribution in [3.63, 3.8) is 0 Å². The molecule has 0 radical (unpaired) electrons. The van der Waals surface area contributed by atoms with Crippen LogP contribution in [-0.2, 0) is 6.42 Å². The number of benzene rings is 1. The molecule has 1 rings (SSSR count). The molecule has 0 heterocycles. The molecule has 3 heteroatoms. The first-order chi connectivity index (χ1) is 6.69. The van der Waals surface area contributed by atoms with Gasteiger partial charge in [-0.15, -0.1) is 11.6 Å². The second-order valence-corrected chi connectivity index (χ2v) is 3.64. The quantitative estimate of drug-likeness (QED) is 0.354. The van der Waals surface area contributed by atoms with Crippen molar-refractivity contribution in [3.05, 3.63) is 35.4 Å². The highest BCUT2D eigenvalue weighted by Crippen LogP contribution is 2.22. The number of hydrogen-bond acceptors (Lipinski definition) is 2. The summed E-state index contributed by atoms with van der Waals surface area (Å²) in [6, 6.07) is 8.00. The molecule has 76 valence electrons. The Morgan fingerprint density at radius 1 is 1.43 bits per heavy atom. The standard InChI is InChI=1S/C11H14ClNO/c1-3-9-4-6-10(7-5-9)11(12)8(2)13-14/h4-7,11,14H,3H2,1-2H3. The van der Waals surface area contributed by atoms with E-state index in [1.165, 1.54) is 5.56 Å². The largest absolute Gasteiger partial charge is 0.411 e. The highest BCUT2D eigenvalue weighted by atomic mass is 35.5. The topological polar surface area (TPSA) is 32.6 Å². The Morgan fingerprint density at radius 3 is 2.43 bits per heavy atom. The predicted octanol–water partition coefficient (Wildman–Crippen LogP) is 3.38. The van der Waals surface area contributed by atoms with Crippen LogP contribution < -0.4 is 0 Å². The average molecular weight is 212 g/mol. The Balaban J connectivity index is 2.86. The molecule has 1 unspecified atom stereocenters. The van der Waals surface area contributed by atoms with Crippen molar-refractivity contribution in [1.82, 2.24) is 0 Å². The number of oxime groups is 1. The van der Waals surface area contributed by atoms with E-state index in [-0.39, 0.29) is 5.38 Å². The molecule has 1 aromatic rings. The Bertz CT molecular complexity index is 319. The van der Waals surface area contributed by atoms with Gasteiger partial charge < -0.3 is 5.21 Å². The molecule has 0 fully saturated rings. The second kappa shape index (κ2) is 5.01.